The summed E-state index contributed by atoms with van der Waals surface area (Å²) < 4.78 is 13.8. The average molecular weight is 795 g/mol. The third-order valence-corrected chi connectivity index (χ3v) is 12.1. The number of rotatable bonds is 8. The van der Waals surface area contributed by atoms with Crippen LogP contribution in [0.2, 0.25) is 0 Å². The molecule has 0 spiro atoms. The molecule has 10 aromatic carbocycles. The van der Waals surface area contributed by atoms with Gasteiger partial charge in [0.15, 0.2) is 11.3 Å². The van der Waals surface area contributed by atoms with E-state index in [2.05, 4.69) is 228 Å². The van der Waals surface area contributed by atoms with Gasteiger partial charge in [0.05, 0.1) is 17.1 Å². The summed E-state index contributed by atoms with van der Waals surface area (Å²) in [6.45, 7) is 0. The van der Waals surface area contributed by atoms with Crippen molar-refractivity contribution >= 4 is 66.8 Å². The molecule has 1 aromatic heterocycles. The van der Waals surface area contributed by atoms with Crippen molar-refractivity contribution in [3.05, 3.63) is 231 Å². The summed E-state index contributed by atoms with van der Waals surface area (Å²) in [5.41, 5.74) is 14.7. The summed E-state index contributed by atoms with van der Waals surface area (Å²) in [6, 6.07) is 81.3. The van der Waals surface area contributed by atoms with Crippen molar-refractivity contribution < 1.29 is 9.15 Å². The molecule has 0 fully saturated rings. The fourth-order valence-corrected chi connectivity index (χ4v) is 9.18. The normalized spacial score (nSPS) is 11.7. The Morgan fingerprint density at radius 3 is 1.53 bits per heavy atom. The van der Waals surface area contributed by atoms with Gasteiger partial charge in [-0.1, -0.05) is 164 Å². The number of furan rings is 1. The summed E-state index contributed by atoms with van der Waals surface area (Å²) in [5, 5.41) is 4.31. The van der Waals surface area contributed by atoms with E-state index < -0.39 is 0 Å². The Bertz CT molecular complexity index is 3380. The maximum atomic E-state index is 7.08. The van der Waals surface area contributed by atoms with Crippen LogP contribution < -0.4 is 14.5 Å². The highest BCUT2D eigenvalue weighted by atomic mass is 16.5. The number of benzene rings is 10. The van der Waals surface area contributed by atoms with Crippen LogP contribution in [0.1, 0.15) is 0 Å². The molecule has 0 N–H and O–H groups in total. The first-order chi connectivity index (χ1) is 30.8. The molecule has 0 saturated heterocycles. The minimum atomic E-state index is 0.816. The van der Waals surface area contributed by atoms with Crippen LogP contribution in [0.5, 0.6) is 11.5 Å². The predicted octanol–water partition coefficient (Wildman–Crippen LogP) is 16.8. The van der Waals surface area contributed by atoms with E-state index in [1.165, 1.54) is 11.1 Å². The molecular weight excluding hydrogens is 757 g/mol. The van der Waals surface area contributed by atoms with Gasteiger partial charge in [0.1, 0.15) is 11.3 Å². The second kappa shape index (κ2) is 14.7. The van der Waals surface area contributed by atoms with E-state index in [1.807, 2.05) is 12.1 Å². The van der Waals surface area contributed by atoms with Gasteiger partial charge in [-0.3, -0.25) is 0 Å². The van der Waals surface area contributed by atoms with Crippen molar-refractivity contribution in [3.8, 4) is 44.9 Å². The number of fused-ring (bicyclic) bond motifs is 5. The van der Waals surface area contributed by atoms with Gasteiger partial charge in [-0.2, -0.15) is 0 Å². The fraction of sp³-hybridized carbons (Fsp3) is 0. The summed E-state index contributed by atoms with van der Waals surface area (Å²) in [4.78, 5) is 4.61. The van der Waals surface area contributed by atoms with E-state index in [0.717, 1.165) is 101 Å². The van der Waals surface area contributed by atoms with E-state index in [-0.39, 0.29) is 0 Å². The summed E-state index contributed by atoms with van der Waals surface area (Å²) >= 11 is 0. The average Bonchev–Trinajstić information content (AvgIpc) is 3.73. The molecule has 0 saturated carbocycles. The molecule has 292 valence electrons. The van der Waals surface area contributed by atoms with Gasteiger partial charge in [0, 0.05) is 44.2 Å². The van der Waals surface area contributed by atoms with Crippen LogP contribution in [-0.4, -0.2) is 0 Å². The molecule has 1 aliphatic heterocycles. The molecule has 0 unspecified atom stereocenters. The van der Waals surface area contributed by atoms with Crippen molar-refractivity contribution in [2.24, 2.45) is 0 Å². The minimum Gasteiger partial charge on any atom is -0.454 e. The van der Waals surface area contributed by atoms with Gasteiger partial charge in [-0.25, -0.2) is 0 Å². The SMILES string of the molecule is c1ccc(-c2ccc(-c3ccc(N(c4ccc5c6c(cccc46)-c4cccc(N(c6ccccc6)c6ccccc6)c4O5)c4cccc5c4oc4ccccc45)cc3)cc2)cc1. The lowest BCUT2D eigenvalue weighted by Crippen LogP contribution is -2.13. The second-order valence-electron chi connectivity index (χ2n) is 15.7. The standard InChI is InChI=1S/C58H38N2O2/c1-4-15-39(16-5-1)40-29-31-41(32-30-40)42-33-35-45(36-34-42)60(53-27-13-23-48-46-21-10-11-28-54(46)61-57(48)53)51-37-38-55-56-47(22-12-25-50(51)56)49-24-14-26-52(58(49)62-55)59(43-17-6-2-7-18-43)44-19-8-3-9-20-44/h1-38H. The first-order valence-electron chi connectivity index (χ1n) is 21.0. The molecule has 0 bridgehead atoms. The lowest BCUT2D eigenvalue weighted by atomic mass is 9.92. The Morgan fingerprint density at radius 1 is 0.306 bits per heavy atom. The highest BCUT2D eigenvalue weighted by Crippen LogP contribution is 2.55. The van der Waals surface area contributed by atoms with Gasteiger partial charge in [0.25, 0.3) is 0 Å². The minimum absolute atomic E-state index is 0.816. The number of para-hydroxylation sites is 5. The van der Waals surface area contributed by atoms with Crippen LogP contribution in [0.25, 0.3) is 66.1 Å². The third-order valence-electron chi connectivity index (χ3n) is 12.1. The summed E-state index contributed by atoms with van der Waals surface area (Å²) in [7, 11) is 0. The Kier molecular flexibility index (Phi) is 8.46. The van der Waals surface area contributed by atoms with Gasteiger partial charge in [0.2, 0.25) is 0 Å². The van der Waals surface area contributed by atoms with E-state index in [4.69, 9.17) is 9.15 Å². The zero-order valence-corrected chi connectivity index (χ0v) is 33.7. The van der Waals surface area contributed by atoms with Gasteiger partial charge in [-0.15, -0.1) is 0 Å². The van der Waals surface area contributed by atoms with Crippen molar-refractivity contribution in [2.75, 3.05) is 9.80 Å². The van der Waals surface area contributed by atoms with Crippen molar-refractivity contribution in [1.29, 1.82) is 0 Å². The second-order valence-corrected chi connectivity index (χ2v) is 15.7. The predicted molar refractivity (Wildman–Crippen MR) is 257 cm³/mol. The molecule has 2 heterocycles. The van der Waals surface area contributed by atoms with Crippen LogP contribution in [-0.2, 0) is 0 Å². The Hall–Kier alpha value is -8.34. The van der Waals surface area contributed by atoms with E-state index in [1.54, 1.807) is 0 Å². The molecule has 11 aromatic rings. The van der Waals surface area contributed by atoms with Gasteiger partial charge < -0.3 is 19.0 Å². The number of ether oxygens (including phenoxy) is 1. The molecular formula is C58H38N2O2. The molecule has 12 rings (SSSR count). The van der Waals surface area contributed by atoms with Crippen molar-refractivity contribution in [3.63, 3.8) is 0 Å². The summed E-state index contributed by atoms with van der Waals surface area (Å²) in [6.07, 6.45) is 0. The quantitative estimate of drug-likeness (QED) is 0.153. The lowest BCUT2D eigenvalue weighted by molar-refractivity contribution is 0.488. The first-order valence-corrected chi connectivity index (χ1v) is 21.0. The molecule has 62 heavy (non-hydrogen) atoms. The highest BCUT2D eigenvalue weighted by molar-refractivity contribution is 6.15. The zero-order valence-electron chi connectivity index (χ0n) is 33.7. The fourth-order valence-electron chi connectivity index (χ4n) is 9.18. The molecule has 0 aliphatic carbocycles. The number of nitrogens with zero attached hydrogens (tertiary/aromatic N) is 2. The van der Waals surface area contributed by atoms with Crippen molar-refractivity contribution in [1.82, 2.24) is 0 Å². The Balaban J connectivity index is 1.02. The number of hydrogen-bond acceptors (Lipinski definition) is 4. The monoisotopic (exact) mass is 794 g/mol. The zero-order chi connectivity index (χ0) is 41.0. The van der Waals surface area contributed by atoms with Gasteiger partial charge >= 0.3 is 0 Å². The number of hydrogen-bond donors (Lipinski definition) is 0. The molecule has 1 aliphatic rings. The number of anilines is 6. The molecule has 0 atom stereocenters. The maximum absolute atomic E-state index is 7.08. The Morgan fingerprint density at radius 2 is 0.823 bits per heavy atom. The van der Waals surface area contributed by atoms with Crippen LogP contribution in [0.4, 0.5) is 34.1 Å². The lowest BCUT2D eigenvalue weighted by Gasteiger charge is -2.32. The topological polar surface area (TPSA) is 28.9 Å². The van der Waals surface area contributed by atoms with Crippen LogP contribution in [0.15, 0.2) is 235 Å². The maximum Gasteiger partial charge on any atom is 0.159 e. The van der Waals surface area contributed by atoms with E-state index >= 15 is 0 Å². The van der Waals surface area contributed by atoms with Crippen LogP contribution in [0, 0.1) is 0 Å². The van der Waals surface area contributed by atoms with Crippen molar-refractivity contribution in [2.45, 2.75) is 0 Å². The molecule has 0 radical (unpaired) electrons. The first kappa shape index (κ1) is 35.6. The molecule has 0 amide bonds. The van der Waals surface area contributed by atoms with Crippen LogP contribution >= 0.6 is 0 Å². The van der Waals surface area contributed by atoms with Crippen LogP contribution in [0.3, 0.4) is 0 Å². The smallest absolute Gasteiger partial charge is 0.159 e. The molecule has 4 heteroatoms. The largest absolute Gasteiger partial charge is 0.454 e. The summed E-state index contributed by atoms with van der Waals surface area (Å²) in [5.74, 6) is 1.64. The molecule has 4 nitrogen and oxygen atoms in total. The third kappa shape index (κ3) is 5.92. The van der Waals surface area contributed by atoms with E-state index in [9.17, 15) is 0 Å². The van der Waals surface area contributed by atoms with Gasteiger partial charge in [-0.05, 0) is 94.5 Å². The van der Waals surface area contributed by atoms with E-state index in [0.29, 0.717) is 0 Å². The Labute approximate surface area is 359 Å². The highest BCUT2D eigenvalue weighted by Gasteiger charge is 2.29.